The molecule has 0 heterocycles. The van der Waals surface area contributed by atoms with E-state index in [1.165, 1.54) is 6.08 Å². The second-order valence-electron chi connectivity index (χ2n) is 4.60. The Labute approximate surface area is 105 Å². The summed E-state index contributed by atoms with van der Waals surface area (Å²) in [4.78, 5) is 23.2. The van der Waals surface area contributed by atoms with Crippen LogP contribution in [0.25, 0.3) is 0 Å². The van der Waals surface area contributed by atoms with E-state index in [4.69, 9.17) is 0 Å². The van der Waals surface area contributed by atoms with E-state index in [0.29, 0.717) is 0 Å². The summed E-state index contributed by atoms with van der Waals surface area (Å²) in [7, 11) is 3.79. The van der Waals surface area contributed by atoms with Gasteiger partial charge in [-0.2, -0.15) is 0 Å². The predicted molar refractivity (Wildman–Crippen MR) is 72.7 cm³/mol. The Hall–Kier alpha value is -1.38. The van der Waals surface area contributed by atoms with Gasteiger partial charge in [-0.05, 0) is 12.2 Å². The first-order valence-corrected chi connectivity index (χ1v) is 5.77. The van der Waals surface area contributed by atoms with Crippen molar-refractivity contribution in [3.05, 3.63) is 24.9 Å². The molecule has 98 valence electrons. The van der Waals surface area contributed by atoms with Crippen LogP contribution in [-0.2, 0) is 9.59 Å². The molecule has 0 saturated carbocycles. The van der Waals surface area contributed by atoms with Crippen molar-refractivity contribution in [1.82, 2.24) is 4.90 Å². The second-order valence-corrected chi connectivity index (χ2v) is 4.60. The predicted octanol–water partition coefficient (Wildman–Crippen LogP) is 2.68. The largest absolute Gasteiger partial charge is 0.383 e. The summed E-state index contributed by atoms with van der Waals surface area (Å²) in [6, 6.07) is 0. The Morgan fingerprint density at radius 1 is 1.00 bits per heavy atom. The highest BCUT2D eigenvalue weighted by Gasteiger charge is 2.00. The minimum Gasteiger partial charge on any atom is -0.383 e. The zero-order valence-corrected chi connectivity index (χ0v) is 11.9. The molecule has 0 saturated heterocycles. The van der Waals surface area contributed by atoms with Crippen molar-refractivity contribution in [1.29, 1.82) is 0 Å². The van der Waals surface area contributed by atoms with Gasteiger partial charge in [0.1, 0.15) is 0 Å². The zero-order valence-electron chi connectivity index (χ0n) is 11.9. The molecule has 3 nitrogen and oxygen atoms in total. The van der Waals surface area contributed by atoms with Gasteiger partial charge < -0.3 is 4.90 Å². The summed E-state index contributed by atoms with van der Waals surface area (Å²) >= 11 is 0. The number of hydrogen-bond donors (Lipinski definition) is 0. The molecule has 0 aliphatic rings. The molecule has 0 N–H and O–H groups in total. The molecule has 0 spiro atoms. The normalized spacial score (nSPS) is 10.1. The van der Waals surface area contributed by atoms with Crippen LogP contribution in [0.5, 0.6) is 0 Å². The van der Waals surface area contributed by atoms with E-state index in [1.54, 1.807) is 12.3 Å². The highest BCUT2D eigenvalue weighted by molar-refractivity contribution is 5.91. The van der Waals surface area contributed by atoms with Gasteiger partial charge >= 0.3 is 0 Å². The second kappa shape index (κ2) is 9.82. The van der Waals surface area contributed by atoms with Crippen LogP contribution in [0.1, 0.15) is 27.7 Å². The van der Waals surface area contributed by atoms with Gasteiger partial charge in [0.25, 0.3) is 0 Å². The molecule has 0 aromatic rings. The van der Waals surface area contributed by atoms with Crippen LogP contribution in [0.3, 0.4) is 0 Å². The number of allylic oxidation sites excluding steroid dienone is 2. The lowest BCUT2D eigenvalue weighted by Crippen LogP contribution is -2.06. The third-order valence-corrected chi connectivity index (χ3v) is 1.88. The third-order valence-electron chi connectivity index (χ3n) is 1.88. The van der Waals surface area contributed by atoms with Crippen LogP contribution in [0.4, 0.5) is 0 Å². The maximum atomic E-state index is 10.9. The summed E-state index contributed by atoms with van der Waals surface area (Å²) in [5, 5.41) is 0. The molecule has 17 heavy (non-hydrogen) atoms. The number of hydrogen-bond acceptors (Lipinski definition) is 3. The topological polar surface area (TPSA) is 37.4 Å². The molecular weight excluding hydrogens is 214 g/mol. The fraction of sp³-hybridized carbons (Fsp3) is 0.571. The molecule has 0 atom stereocenters. The van der Waals surface area contributed by atoms with Gasteiger partial charge in [-0.3, -0.25) is 9.59 Å². The van der Waals surface area contributed by atoms with E-state index in [1.807, 2.05) is 46.7 Å². The standard InChI is InChI=1S/C8H15NO.C6H10O/c1-7(2)8(10)5-6-9(3)4;1-4-6(7)5(2)3/h5-7H,1-4H3;4-5H,1H2,2-3H3/b6-5+;. The van der Waals surface area contributed by atoms with Crippen molar-refractivity contribution in [2.75, 3.05) is 14.1 Å². The fourth-order valence-electron chi connectivity index (χ4n) is 0.651. The molecule has 0 rings (SSSR count). The van der Waals surface area contributed by atoms with E-state index in [-0.39, 0.29) is 23.4 Å². The van der Waals surface area contributed by atoms with Crippen LogP contribution in [0, 0.1) is 11.8 Å². The van der Waals surface area contributed by atoms with Crippen molar-refractivity contribution < 1.29 is 9.59 Å². The van der Waals surface area contributed by atoms with Gasteiger partial charge in [-0.15, -0.1) is 0 Å². The van der Waals surface area contributed by atoms with Crippen molar-refractivity contribution in [2.24, 2.45) is 11.8 Å². The van der Waals surface area contributed by atoms with E-state index < -0.39 is 0 Å². The summed E-state index contributed by atoms with van der Waals surface area (Å²) in [5.74, 6) is 0.502. The number of carbonyl (C=O) groups is 2. The smallest absolute Gasteiger partial charge is 0.159 e. The molecule has 0 aliphatic heterocycles. The van der Waals surface area contributed by atoms with Crippen LogP contribution in [0.2, 0.25) is 0 Å². The highest BCUT2D eigenvalue weighted by Crippen LogP contribution is 1.95. The Kier molecular flexibility index (Phi) is 10.4. The zero-order chi connectivity index (χ0) is 14.0. The monoisotopic (exact) mass is 239 g/mol. The average Bonchev–Trinajstić information content (AvgIpc) is 2.24. The number of rotatable bonds is 5. The molecule has 0 amide bonds. The van der Waals surface area contributed by atoms with E-state index >= 15 is 0 Å². The van der Waals surface area contributed by atoms with Gasteiger partial charge in [0, 0.05) is 32.1 Å². The number of ketones is 2. The van der Waals surface area contributed by atoms with Crippen molar-refractivity contribution >= 4 is 11.6 Å². The molecule has 0 unspecified atom stereocenters. The lowest BCUT2D eigenvalue weighted by Gasteiger charge is -2.03. The van der Waals surface area contributed by atoms with Crippen LogP contribution in [-0.4, -0.2) is 30.6 Å². The van der Waals surface area contributed by atoms with E-state index in [0.717, 1.165) is 0 Å². The lowest BCUT2D eigenvalue weighted by atomic mass is 10.1. The Morgan fingerprint density at radius 3 is 1.59 bits per heavy atom. The van der Waals surface area contributed by atoms with Gasteiger partial charge in [-0.25, -0.2) is 0 Å². The van der Waals surface area contributed by atoms with Crippen molar-refractivity contribution in [3.8, 4) is 0 Å². The van der Waals surface area contributed by atoms with Gasteiger partial charge in [0.2, 0.25) is 0 Å². The van der Waals surface area contributed by atoms with Gasteiger partial charge in [-0.1, -0.05) is 34.3 Å². The fourth-order valence-corrected chi connectivity index (χ4v) is 0.651. The summed E-state index contributed by atoms with van der Waals surface area (Å²) < 4.78 is 0. The minimum absolute atomic E-state index is 0.108. The molecular formula is C14H25NO2. The molecule has 0 bridgehead atoms. The molecule has 0 aromatic carbocycles. The average molecular weight is 239 g/mol. The first-order valence-electron chi connectivity index (χ1n) is 5.77. The first-order chi connectivity index (χ1) is 7.72. The summed E-state index contributed by atoms with van der Waals surface area (Å²) in [6.45, 7) is 10.8. The van der Waals surface area contributed by atoms with E-state index in [9.17, 15) is 9.59 Å². The molecule has 0 fully saturated rings. The van der Waals surface area contributed by atoms with Crippen LogP contribution in [0.15, 0.2) is 24.9 Å². The Morgan fingerprint density at radius 2 is 1.41 bits per heavy atom. The van der Waals surface area contributed by atoms with Crippen molar-refractivity contribution in [2.45, 2.75) is 27.7 Å². The van der Waals surface area contributed by atoms with E-state index in [2.05, 4.69) is 6.58 Å². The Bertz CT molecular complexity index is 276. The quantitative estimate of drug-likeness (QED) is 0.692. The lowest BCUT2D eigenvalue weighted by molar-refractivity contribution is -0.118. The molecule has 0 radical (unpaired) electrons. The first kappa shape index (κ1) is 18.0. The van der Waals surface area contributed by atoms with Gasteiger partial charge in [0.05, 0.1) is 0 Å². The molecule has 0 aliphatic carbocycles. The molecule has 3 heteroatoms. The third kappa shape index (κ3) is 12.6. The maximum Gasteiger partial charge on any atom is 0.159 e. The highest BCUT2D eigenvalue weighted by atomic mass is 16.1. The SMILES string of the molecule is C=CC(=O)C(C)C.CC(C)C(=O)/C=C/N(C)C. The number of carbonyl (C=O) groups excluding carboxylic acids is 2. The summed E-state index contributed by atoms with van der Waals surface area (Å²) in [6.07, 6.45) is 4.72. The van der Waals surface area contributed by atoms with Crippen LogP contribution >= 0.6 is 0 Å². The summed E-state index contributed by atoms with van der Waals surface area (Å²) in [5.41, 5.74) is 0. The Balaban J connectivity index is 0. The van der Waals surface area contributed by atoms with Crippen molar-refractivity contribution in [3.63, 3.8) is 0 Å². The van der Waals surface area contributed by atoms with Crippen LogP contribution < -0.4 is 0 Å². The molecule has 0 aromatic heterocycles. The number of nitrogens with zero attached hydrogens (tertiary/aromatic N) is 1. The van der Waals surface area contributed by atoms with Gasteiger partial charge in [0.15, 0.2) is 11.6 Å². The minimum atomic E-state index is 0.108. The maximum absolute atomic E-state index is 10.9.